The van der Waals surface area contributed by atoms with E-state index in [2.05, 4.69) is 10.3 Å². The molecule has 2 rings (SSSR count). The molecule has 2 aromatic rings. The van der Waals surface area contributed by atoms with E-state index in [9.17, 15) is 4.79 Å². The average molecular weight is 328 g/mol. The second-order valence-corrected chi connectivity index (χ2v) is 6.06. The number of nitrogens with one attached hydrogen (secondary N) is 1. The quantitative estimate of drug-likeness (QED) is 0.818. The van der Waals surface area contributed by atoms with Crippen LogP contribution < -0.4 is 5.32 Å². The largest absolute Gasteiger partial charge is 0.356 e. The van der Waals surface area contributed by atoms with Gasteiger partial charge in [-0.15, -0.1) is 11.6 Å². The molecule has 4 nitrogen and oxygen atoms in total. The lowest BCUT2D eigenvalue weighted by Crippen LogP contribution is -2.25. The minimum absolute atomic E-state index is 0.0424. The number of aromatic nitrogens is 2. The Bertz CT molecular complexity index is 637. The lowest BCUT2D eigenvalue weighted by molar-refractivity contribution is -0.121. The second kappa shape index (κ2) is 7.14. The maximum atomic E-state index is 11.8. The Kier molecular flexibility index (Phi) is 5.48. The van der Waals surface area contributed by atoms with Crippen molar-refractivity contribution in [3.05, 3.63) is 29.0 Å². The normalized spacial score (nSPS) is 12.6. The molecule has 1 aromatic carbocycles. The van der Waals surface area contributed by atoms with Crippen LogP contribution in [0.2, 0.25) is 5.02 Å². The number of carbonyl (C=O) groups is 1. The van der Waals surface area contributed by atoms with Gasteiger partial charge in [0.1, 0.15) is 5.82 Å². The van der Waals surface area contributed by atoms with Crippen LogP contribution in [0.3, 0.4) is 0 Å². The highest BCUT2D eigenvalue weighted by Gasteiger charge is 2.15. The third-order valence-electron chi connectivity index (χ3n) is 3.23. The molecule has 0 radical (unpaired) electrons. The molecule has 1 aromatic heterocycles. The summed E-state index contributed by atoms with van der Waals surface area (Å²) in [6.07, 6.45) is 1.34. The Hall–Kier alpha value is -1.26. The van der Waals surface area contributed by atoms with Crippen LogP contribution in [0.1, 0.15) is 37.9 Å². The number of benzene rings is 1. The van der Waals surface area contributed by atoms with Crippen molar-refractivity contribution in [1.82, 2.24) is 14.9 Å². The fraction of sp³-hybridized carbons (Fsp3) is 0.467. The molecule has 0 aliphatic carbocycles. The predicted octanol–water partition coefficient (Wildman–Crippen LogP) is 3.91. The third-order valence-corrected chi connectivity index (χ3v) is 3.66. The standard InChI is InChI=1S/C15H19Cl2N3O/c1-3-7-18-14(21)6-8-20-13-5-4-11(17)9-12(13)19-15(20)10(2)16/h4-5,9-10H,3,6-8H2,1-2H3,(H,18,21). The molecule has 1 amide bonds. The zero-order valence-electron chi connectivity index (χ0n) is 12.2. The van der Waals surface area contributed by atoms with Gasteiger partial charge in [0, 0.05) is 24.5 Å². The van der Waals surface area contributed by atoms with Crippen LogP contribution >= 0.6 is 23.2 Å². The van der Waals surface area contributed by atoms with Gasteiger partial charge in [-0.3, -0.25) is 4.79 Å². The summed E-state index contributed by atoms with van der Waals surface area (Å²) in [5, 5.41) is 3.29. The summed E-state index contributed by atoms with van der Waals surface area (Å²) in [5.41, 5.74) is 1.75. The minimum Gasteiger partial charge on any atom is -0.356 e. The first-order chi connectivity index (χ1) is 10.0. The molecule has 6 heteroatoms. The Balaban J connectivity index is 2.24. The highest BCUT2D eigenvalue weighted by atomic mass is 35.5. The van der Waals surface area contributed by atoms with E-state index in [1.54, 1.807) is 0 Å². The number of alkyl halides is 1. The van der Waals surface area contributed by atoms with Crippen LogP contribution in [0, 0.1) is 0 Å². The van der Waals surface area contributed by atoms with Crippen molar-refractivity contribution in [3.63, 3.8) is 0 Å². The van der Waals surface area contributed by atoms with E-state index in [0.717, 1.165) is 23.3 Å². The van der Waals surface area contributed by atoms with Gasteiger partial charge < -0.3 is 9.88 Å². The molecule has 1 heterocycles. The highest BCUT2D eigenvalue weighted by Crippen LogP contribution is 2.26. The molecular formula is C15H19Cl2N3O. The first kappa shape index (κ1) is 16.1. The Morgan fingerprint density at radius 2 is 2.24 bits per heavy atom. The number of aryl methyl sites for hydroxylation is 1. The third kappa shape index (κ3) is 3.89. The summed E-state index contributed by atoms with van der Waals surface area (Å²) in [7, 11) is 0. The number of hydrogen-bond donors (Lipinski definition) is 1. The summed E-state index contributed by atoms with van der Waals surface area (Å²) < 4.78 is 1.99. The summed E-state index contributed by atoms with van der Waals surface area (Å²) >= 11 is 12.2. The summed E-state index contributed by atoms with van der Waals surface area (Å²) in [6.45, 7) is 5.16. The molecule has 0 aliphatic rings. The molecular weight excluding hydrogens is 309 g/mol. The van der Waals surface area contributed by atoms with Crippen molar-refractivity contribution in [3.8, 4) is 0 Å². The summed E-state index contributed by atoms with van der Waals surface area (Å²) in [6, 6.07) is 5.55. The number of hydrogen-bond acceptors (Lipinski definition) is 2. The zero-order valence-corrected chi connectivity index (χ0v) is 13.7. The number of imidazole rings is 1. The van der Waals surface area contributed by atoms with E-state index in [-0.39, 0.29) is 11.3 Å². The topological polar surface area (TPSA) is 46.9 Å². The van der Waals surface area contributed by atoms with Crippen molar-refractivity contribution in [1.29, 1.82) is 0 Å². The van der Waals surface area contributed by atoms with Gasteiger partial charge in [-0.25, -0.2) is 4.98 Å². The molecule has 1 unspecified atom stereocenters. The van der Waals surface area contributed by atoms with E-state index >= 15 is 0 Å². The second-order valence-electron chi connectivity index (χ2n) is 4.97. The summed E-state index contributed by atoms with van der Waals surface area (Å²) in [4.78, 5) is 16.3. The lowest BCUT2D eigenvalue weighted by Gasteiger charge is -2.10. The number of nitrogens with zero attached hydrogens (tertiary/aromatic N) is 2. The van der Waals surface area contributed by atoms with Gasteiger partial charge in [0.15, 0.2) is 0 Å². The molecule has 0 saturated carbocycles. The van der Waals surface area contributed by atoms with Gasteiger partial charge >= 0.3 is 0 Å². The molecule has 0 aliphatic heterocycles. The van der Waals surface area contributed by atoms with Crippen LogP contribution in [-0.2, 0) is 11.3 Å². The highest BCUT2D eigenvalue weighted by molar-refractivity contribution is 6.31. The van der Waals surface area contributed by atoms with Crippen LogP contribution in [-0.4, -0.2) is 22.0 Å². The van der Waals surface area contributed by atoms with Gasteiger partial charge in [-0.05, 0) is 31.5 Å². The monoisotopic (exact) mass is 327 g/mol. The maximum absolute atomic E-state index is 11.8. The molecule has 1 N–H and O–H groups in total. The molecule has 21 heavy (non-hydrogen) atoms. The molecule has 0 bridgehead atoms. The average Bonchev–Trinajstić information content (AvgIpc) is 2.80. The van der Waals surface area contributed by atoms with E-state index in [4.69, 9.17) is 23.2 Å². The predicted molar refractivity (Wildman–Crippen MR) is 86.9 cm³/mol. The van der Waals surface area contributed by atoms with Crippen molar-refractivity contribution >= 4 is 40.1 Å². The zero-order chi connectivity index (χ0) is 15.4. The number of rotatable bonds is 6. The van der Waals surface area contributed by atoms with E-state index in [1.807, 2.05) is 36.6 Å². The molecule has 0 saturated heterocycles. The lowest BCUT2D eigenvalue weighted by atomic mass is 10.3. The van der Waals surface area contributed by atoms with E-state index in [1.165, 1.54) is 0 Å². The summed E-state index contributed by atoms with van der Waals surface area (Å²) in [5.74, 6) is 0.804. The smallest absolute Gasteiger partial charge is 0.221 e. The molecule has 0 spiro atoms. The van der Waals surface area contributed by atoms with Gasteiger partial charge in [0.2, 0.25) is 5.91 Å². The van der Waals surface area contributed by atoms with Gasteiger partial charge in [0.05, 0.1) is 16.4 Å². The molecule has 0 fully saturated rings. The van der Waals surface area contributed by atoms with Crippen LogP contribution in [0.4, 0.5) is 0 Å². The Morgan fingerprint density at radius 3 is 2.90 bits per heavy atom. The number of carbonyl (C=O) groups excluding carboxylic acids is 1. The maximum Gasteiger partial charge on any atom is 0.221 e. The molecule has 1 atom stereocenters. The van der Waals surface area contributed by atoms with Crippen molar-refractivity contribution in [2.24, 2.45) is 0 Å². The first-order valence-electron chi connectivity index (χ1n) is 7.09. The number of amides is 1. The van der Waals surface area contributed by atoms with Gasteiger partial charge in [-0.2, -0.15) is 0 Å². The molecule has 114 valence electrons. The van der Waals surface area contributed by atoms with E-state index in [0.29, 0.717) is 24.5 Å². The SMILES string of the molecule is CCCNC(=O)CCn1c(C(C)Cl)nc2cc(Cl)ccc21. The van der Waals surface area contributed by atoms with E-state index < -0.39 is 0 Å². The fourth-order valence-electron chi connectivity index (χ4n) is 2.23. The van der Waals surface area contributed by atoms with Crippen molar-refractivity contribution < 1.29 is 4.79 Å². The van der Waals surface area contributed by atoms with Crippen molar-refractivity contribution in [2.45, 2.75) is 38.6 Å². The number of fused-ring (bicyclic) bond motifs is 1. The fourth-order valence-corrected chi connectivity index (χ4v) is 2.56. The minimum atomic E-state index is -0.227. The Labute approximate surface area is 134 Å². The first-order valence-corrected chi connectivity index (χ1v) is 7.90. The van der Waals surface area contributed by atoms with Gasteiger partial charge in [0.25, 0.3) is 0 Å². The van der Waals surface area contributed by atoms with Crippen molar-refractivity contribution in [2.75, 3.05) is 6.54 Å². The Morgan fingerprint density at radius 1 is 1.48 bits per heavy atom. The van der Waals surface area contributed by atoms with Crippen LogP contribution in [0.25, 0.3) is 11.0 Å². The number of halogens is 2. The van der Waals surface area contributed by atoms with Crippen LogP contribution in [0.15, 0.2) is 18.2 Å². The van der Waals surface area contributed by atoms with Gasteiger partial charge in [-0.1, -0.05) is 18.5 Å². The van der Waals surface area contributed by atoms with Crippen LogP contribution in [0.5, 0.6) is 0 Å².